The summed E-state index contributed by atoms with van der Waals surface area (Å²) in [5.41, 5.74) is -0.498. The quantitative estimate of drug-likeness (QED) is 0.768. The van der Waals surface area contributed by atoms with Crippen molar-refractivity contribution in [3.8, 4) is 0 Å². The SMILES string of the molecule is O=C(O)CC1(NC(=O)[C@@H]2CC=CCC2)CCCCC1. The highest BCUT2D eigenvalue weighted by Crippen LogP contribution is 2.32. The van der Waals surface area contributed by atoms with Crippen molar-refractivity contribution in [1.82, 2.24) is 5.32 Å². The minimum Gasteiger partial charge on any atom is -0.481 e. The third kappa shape index (κ3) is 3.82. The van der Waals surface area contributed by atoms with Crippen LogP contribution in [0.2, 0.25) is 0 Å². The van der Waals surface area contributed by atoms with Gasteiger partial charge in [-0.05, 0) is 32.1 Å². The number of aliphatic carboxylic acids is 1. The summed E-state index contributed by atoms with van der Waals surface area (Å²) in [5, 5.41) is 12.2. The lowest BCUT2D eigenvalue weighted by Crippen LogP contribution is -2.52. The minimum atomic E-state index is -0.814. The van der Waals surface area contributed by atoms with Crippen molar-refractivity contribution < 1.29 is 14.7 Å². The first kappa shape index (κ1) is 14.1. The van der Waals surface area contributed by atoms with Crippen LogP contribution in [0.25, 0.3) is 0 Å². The molecule has 2 aliphatic carbocycles. The number of carboxylic acids is 1. The van der Waals surface area contributed by atoms with Gasteiger partial charge in [0.1, 0.15) is 0 Å². The van der Waals surface area contributed by atoms with Gasteiger partial charge in [-0.3, -0.25) is 9.59 Å². The zero-order chi connectivity index (χ0) is 13.7. The van der Waals surface area contributed by atoms with Crippen LogP contribution in [0.15, 0.2) is 12.2 Å². The summed E-state index contributed by atoms with van der Waals surface area (Å²) in [7, 11) is 0. The van der Waals surface area contributed by atoms with Gasteiger partial charge in [-0.2, -0.15) is 0 Å². The number of hydrogen-bond acceptors (Lipinski definition) is 2. The Balaban J connectivity index is 2.00. The molecule has 1 atom stereocenters. The summed E-state index contributed by atoms with van der Waals surface area (Å²) in [6, 6.07) is 0. The fraction of sp³-hybridized carbons (Fsp3) is 0.733. The largest absolute Gasteiger partial charge is 0.481 e. The normalized spacial score (nSPS) is 25.8. The van der Waals surface area contributed by atoms with Crippen molar-refractivity contribution in [2.45, 2.75) is 63.3 Å². The van der Waals surface area contributed by atoms with Crippen molar-refractivity contribution in [1.29, 1.82) is 0 Å². The smallest absolute Gasteiger partial charge is 0.305 e. The van der Waals surface area contributed by atoms with E-state index in [4.69, 9.17) is 5.11 Å². The van der Waals surface area contributed by atoms with Gasteiger partial charge in [0.15, 0.2) is 0 Å². The van der Waals surface area contributed by atoms with Crippen molar-refractivity contribution in [3.05, 3.63) is 12.2 Å². The second-order valence-electron chi connectivity index (χ2n) is 5.88. The molecule has 0 aromatic heterocycles. The van der Waals surface area contributed by atoms with Crippen LogP contribution in [0.3, 0.4) is 0 Å². The number of hydrogen-bond donors (Lipinski definition) is 2. The van der Waals surface area contributed by atoms with E-state index < -0.39 is 11.5 Å². The Morgan fingerprint density at radius 1 is 1.21 bits per heavy atom. The second kappa shape index (κ2) is 6.22. The third-order valence-electron chi connectivity index (χ3n) is 4.33. The average molecular weight is 265 g/mol. The number of allylic oxidation sites excluding steroid dienone is 2. The molecular formula is C15H23NO3. The van der Waals surface area contributed by atoms with Crippen LogP contribution in [0.1, 0.15) is 57.8 Å². The van der Waals surface area contributed by atoms with Crippen LogP contribution in [0.4, 0.5) is 0 Å². The highest BCUT2D eigenvalue weighted by molar-refractivity contribution is 5.81. The van der Waals surface area contributed by atoms with Crippen LogP contribution in [0, 0.1) is 5.92 Å². The first-order valence-electron chi connectivity index (χ1n) is 7.30. The van der Waals surface area contributed by atoms with Crippen LogP contribution in [-0.2, 0) is 9.59 Å². The Hall–Kier alpha value is -1.32. The lowest BCUT2D eigenvalue weighted by Gasteiger charge is -2.38. The number of amides is 1. The fourth-order valence-electron chi connectivity index (χ4n) is 3.26. The number of carbonyl (C=O) groups is 2. The topological polar surface area (TPSA) is 66.4 Å². The van der Waals surface area contributed by atoms with Gasteiger partial charge in [-0.1, -0.05) is 31.4 Å². The molecular weight excluding hydrogens is 242 g/mol. The summed E-state index contributed by atoms with van der Waals surface area (Å²) in [4.78, 5) is 23.4. The summed E-state index contributed by atoms with van der Waals surface area (Å²) in [6.07, 6.45) is 11.6. The van der Waals surface area contributed by atoms with Gasteiger partial charge in [0.25, 0.3) is 0 Å². The maximum Gasteiger partial charge on any atom is 0.305 e. The summed E-state index contributed by atoms with van der Waals surface area (Å²) in [6.45, 7) is 0. The van der Waals surface area contributed by atoms with Gasteiger partial charge < -0.3 is 10.4 Å². The molecule has 0 saturated heterocycles. The predicted molar refractivity (Wildman–Crippen MR) is 72.7 cm³/mol. The fourth-order valence-corrected chi connectivity index (χ4v) is 3.26. The zero-order valence-corrected chi connectivity index (χ0v) is 11.4. The Morgan fingerprint density at radius 3 is 2.53 bits per heavy atom. The molecule has 0 unspecified atom stereocenters. The molecule has 1 saturated carbocycles. The van der Waals surface area contributed by atoms with Gasteiger partial charge in [0.05, 0.1) is 12.0 Å². The van der Waals surface area contributed by atoms with Crippen LogP contribution in [0.5, 0.6) is 0 Å². The van der Waals surface area contributed by atoms with E-state index in [0.29, 0.717) is 0 Å². The van der Waals surface area contributed by atoms with E-state index in [0.717, 1.165) is 51.4 Å². The standard InChI is InChI=1S/C15H23NO3/c17-13(18)11-15(9-5-2-6-10-15)16-14(19)12-7-3-1-4-8-12/h1,3,12H,2,4-11H2,(H,16,19)(H,17,18)/t12-/m1/s1. The minimum absolute atomic E-state index is 0.0256. The van der Waals surface area contributed by atoms with E-state index in [9.17, 15) is 9.59 Å². The van der Waals surface area contributed by atoms with Crippen LogP contribution >= 0.6 is 0 Å². The van der Waals surface area contributed by atoms with E-state index in [1.165, 1.54) is 0 Å². The summed E-state index contributed by atoms with van der Waals surface area (Å²) >= 11 is 0. The molecule has 106 valence electrons. The van der Waals surface area contributed by atoms with E-state index in [2.05, 4.69) is 17.5 Å². The lowest BCUT2D eigenvalue weighted by molar-refractivity contribution is -0.140. The Bertz CT molecular complexity index is 370. The lowest BCUT2D eigenvalue weighted by atomic mass is 9.78. The van der Waals surface area contributed by atoms with Crippen molar-refractivity contribution in [2.75, 3.05) is 0 Å². The molecule has 0 bridgehead atoms. The van der Waals surface area contributed by atoms with E-state index >= 15 is 0 Å². The van der Waals surface area contributed by atoms with Crippen molar-refractivity contribution >= 4 is 11.9 Å². The highest BCUT2D eigenvalue weighted by atomic mass is 16.4. The van der Waals surface area contributed by atoms with Crippen molar-refractivity contribution in [2.24, 2.45) is 5.92 Å². The Labute approximate surface area is 114 Å². The van der Waals surface area contributed by atoms with E-state index in [-0.39, 0.29) is 18.2 Å². The van der Waals surface area contributed by atoms with Crippen LogP contribution in [-0.4, -0.2) is 22.5 Å². The maximum absolute atomic E-state index is 12.3. The Kier molecular flexibility index (Phi) is 4.61. The number of carboxylic acid groups (broad SMARTS) is 1. The molecule has 1 amide bonds. The summed E-state index contributed by atoms with van der Waals surface area (Å²) in [5.74, 6) is -0.740. The molecule has 0 heterocycles. The van der Waals surface area contributed by atoms with Gasteiger partial charge in [0.2, 0.25) is 5.91 Å². The molecule has 1 fully saturated rings. The molecule has 0 aliphatic heterocycles. The molecule has 4 heteroatoms. The van der Waals surface area contributed by atoms with Crippen molar-refractivity contribution in [3.63, 3.8) is 0 Å². The van der Waals surface area contributed by atoms with Gasteiger partial charge in [0, 0.05) is 5.92 Å². The van der Waals surface area contributed by atoms with Gasteiger partial charge in [-0.15, -0.1) is 0 Å². The molecule has 19 heavy (non-hydrogen) atoms. The third-order valence-corrected chi connectivity index (χ3v) is 4.33. The predicted octanol–water partition coefficient (Wildman–Crippen LogP) is 2.64. The summed E-state index contributed by atoms with van der Waals surface area (Å²) < 4.78 is 0. The molecule has 0 aromatic carbocycles. The molecule has 2 N–H and O–H groups in total. The number of nitrogens with one attached hydrogen (secondary N) is 1. The Morgan fingerprint density at radius 2 is 1.95 bits per heavy atom. The van der Waals surface area contributed by atoms with E-state index in [1.807, 2.05) is 0 Å². The molecule has 0 radical (unpaired) electrons. The monoisotopic (exact) mass is 265 g/mol. The molecule has 0 spiro atoms. The van der Waals surface area contributed by atoms with Crippen LogP contribution < -0.4 is 5.32 Å². The molecule has 2 rings (SSSR count). The average Bonchev–Trinajstić information content (AvgIpc) is 2.39. The maximum atomic E-state index is 12.3. The molecule has 4 nitrogen and oxygen atoms in total. The highest BCUT2D eigenvalue weighted by Gasteiger charge is 2.37. The second-order valence-corrected chi connectivity index (χ2v) is 5.88. The van der Waals surface area contributed by atoms with Gasteiger partial charge in [-0.25, -0.2) is 0 Å². The molecule has 2 aliphatic rings. The number of rotatable bonds is 4. The first-order valence-corrected chi connectivity index (χ1v) is 7.30. The number of carbonyl (C=O) groups excluding carboxylic acids is 1. The zero-order valence-electron chi connectivity index (χ0n) is 11.4. The first-order chi connectivity index (χ1) is 9.11. The molecule has 0 aromatic rings. The van der Waals surface area contributed by atoms with E-state index in [1.54, 1.807) is 0 Å². The van der Waals surface area contributed by atoms with Gasteiger partial charge >= 0.3 is 5.97 Å².